The molecule has 12 heavy (non-hydrogen) atoms. The molecule has 70 valence electrons. The lowest BCUT2D eigenvalue weighted by Crippen LogP contribution is -2.25. The number of primary amides is 1. The second-order valence-corrected chi connectivity index (χ2v) is 3.17. The van der Waals surface area contributed by atoms with Gasteiger partial charge in [-0.25, -0.2) is 0 Å². The zero-order valence-electron chi connectivity index (χ0n) is 7.21. The second-order valence-electron chi connectivity index (χ2n) is 3.17. The van der Waals surface area contributed by atoms with Crippen LogP contribution in [-0.2, 0) is 9.53 Å². The Morgan fingerprint density at radius 2 is 2.33 bits per heavy atom. The second kappa shape index (κ2) is 5.11. The first kappa shape index (κ1) is 9.48. The Labute approximate surface area is 72.5 Å². The lowest BCUT2D eigenvalue weighted by atomic mass is 10.4. The molecule has 0 aromatic carbocycles. The Morgan fingerprint density at radius 1 is 1.58 bits per heavy atom. The SMILES string of the molecule is NC(=O)COCCNCC1CC1. The van der Waals surface area contributed by atoms with Gasteiger partial charge in [-0.3, -0.25) is 4.79 Å². The topological polar surface area (TPSA) is 64.4 Å². The van der Waals surface area contributed by atoms with E-state index in [0.29, 0.717) is 6.61 Å². The monoisotopic (exact) mass is 172 g/mol. The summed E-state index contributed by atoms with van der Waals surface area (Å²) in [6, 6.07) is 0. The van der Waals surface area contributed by atoms with Gasteiger partial charge in [0, 0.05) is 6.54 Å². The van der Waals surface area contributed by atoms with E-state index in [1.807, 2.05) is 0 Å². The molecular weight excluding hydrogens is 156 g/mol. The average Bonchev–Trinajstić information content (AvgIpc) is 2.79. The molecule has 0 atom stereocenters. The fourth-order valence-electron chi connectivity index (χ4n) is 0.945. The van der Waals surface area contributed by atoms with Gasteiger partial charge in [0.25, 0.3) is 0 Å². The van der Waals surface area contributed by atoms with Gasteiger partial charge in [0.15, 0.2) is 0 Å². The summed E-state index contributed by atoms with van der Waals surface area (Å²) < 4.78 is 4.96. The van der Waals surface area contributed by atoms with E-state index in [-0.39, 0.29) is 6.61 Å². The van der Waals surface area contributed by atoms with Crippen molar-refractivity contribution >= 4 is 5.91 Å². The quantitative estimate of drug-likeness (QED) is 0.508. The Morgan fingerprint density at radius 3 is 2.92 bits per heavy atom. The van der Waals surface area contributed by atoms with E-state index in [1.54, 1.807) is 0 Å². The van der Waals surface area contributed by atoms with Gasteiger partial charge in [-0.15, -0.1) is 0 Å². The molecule has 0 radical (unpaired) electrons. The van der Waals surface area contributed by atoms with Crippen LogP contribution in [0.3, 0.4) is 0 Å². The summed E-state index contributed by atoms with van der Waals surface area (Å²) in [7, 11) is 0. The maximum atomic E-state index is 10.2. The molecule has 1 saturated carbocycles. The lowest BCUT2D eigenvalue weighted by molar-refractivity contribution is -0.122. The summed E-state index contributed by atoms with van der Waals surface area (Å²) in [5, 5.41) is 3.24. The lowest BCUT2D eigenvalue weighted by Gasteiger charge is -2.03. The first-order valence-corrected chi connectivity index (χ1v) is 4.36. The highest BCUT2D eigenvalue weighted by Crippen LogP contribution is 2.27. The van der Waals surface area contributed by atoms with Gasteiger partial charge in [-0.1, -0.05) is 0 Å². The van der Waals surface area contributed by atoms with Crippen molar-refractivity contribution in [2.45, 2.75) is 12.8 Å². The molecule has 0 aliphatic heterocycles. The molecule has 3 N–H and O–H groups in total. The largest absolute Gasteiger partial charge is 0.370 e. The minimum Gasteiger partial charge on any atom is -0.370 e. The van der Waals surface area contributed by atoms with Crippen LogP contribution in [0.15, 0.2) is 0 Å². The molecule has 0 aromatic heterocycles. The van der Waals surface area contributed by atoms with Crippen LogP contribution in [-0.4, -0.2) is 32.2 Å². The molecular formula is C8H16N2O2. The number of carbonyl (C=O) groups is 1. The third-order valence-corrected chi connectivity index (χ3v) is 1.80. The molecule has 1 fully saturated rings. The predicted octanol–water partition coefficient (Wildman–Crippen LogP) is -0.512. The van der Waals surface area contributed by atoms with Crippen LogP contribution >= 0.6 is 0 Å². The van der Waals surface area contributed by atoms with Crippen LogP contribution in [0.1, 0.15) is 12.8 Å². The molecule has 1 rings (SSSR count). The van der Waals surface area contributed by atoms with Gasteiger partial charge in [0.1, 0.15) is 6.61 Å². The zero-order valence-corrected chi connectivity index (χ0v) is 7.21. The first-order valence-electron chi connectivity index (χ1n) is 4.36. The summed E-state index contributed by atoms with van der Waals surface area (Å²) in [5.74, 6) is 0.485. The van der Waals surface area contributed by atoms with E-state index >= 15 is 0 Å². The average molecular weight is 172 g/mol. The molecule has 4 nitrogen and oxygen atoms in total. The molecule has 1 amide bonds. The van der Waals surface area contributed by atoms with Crippen LogP contribution in [0.4, 0.5) is 0 Å². The molecule has 0 aromatic rings. The highest BCUT2D eigenvalue weighted by Gasteiger charge is 2.19. The van der Waals surface area contributed by atoms with Crippen molar-refractivity contribution in [1.82, 2.24) is 5.32 Å². The predicted molar refractivity (Wildman–Crippen MR) is 45.6 cm³/mol. The van der Waals surface area contributed by atoms with Gasteiger partial charge in [-0.2, -0.15) is 0 Å². The van der Waals surface area contributed by atoms with E-state index < -0.39 is 5.91 Å². The summed E-state index contributed by atoms with van der Waals surface area (Å²) in [4.78, 5) is 10.2. The molecule has 0 bridgehead atoms. The van der Waals surface area contributed by atoms with E-state index in [9.17, 15) is 4.79 Å². The number of nitrogens with two attached hydrogens (primary N) is 1. The van der Waals surface area contributed by atoms with Crippen molar-refractivity contribution in [3.8, 4) is 0 Å². The van der Waals surface area contributed by atoms with Gasteiger partial charge >= 0.3 is 0 Å². The molecule has 1 aliphatic carbocycles. The fourth-order valence-corrected chi connectivity index (χ4v) is 0.945. The van der Waals surface area contributed by atoms with Crippen LogP contribution < -0.4 is 11.1 Å². The van der Waals surface area contributed by atoms with Gasteiger partial charge < -0.3 is 15.8 Å². The van der Waals surface area contributed by atoms with Crippen molar-refractivity contribution in [3.05, 3.63) is 0 Å². The van der Waals surface area contributed by atoms with Crippen molar-refractivity contribution in [2.24, 2.45) is 11.7 Å². The van der Waals surface area contributed by atoms with Crippen molar-refractivity contribution in [1.29, 1.82) is 0 Å². The molecule has 0 heterocycles. The molecule has 1 aliphatic rings. The van der Waals surface area contributed by atoms with Gasteiger partial charge in [0.05, 0.1) is 6.61 Å². The number of ether oxygens (including phenoxy) is 1. The number of hydrogen-bond donors (Lipinski definition) is 2. The molecule has 0 saturated heterocycles. The number of carbonyl (C=O) groups excluding carboxylic acids is 1. The van der Waals surface area contributed by atoms with E-state index in [2.05, 4.69) is 5.32 Å². The maximum Gasteiger partial charge on any atom is 0.243 e. The van der Waals surface area contributed by atoms with Crippen LogP contribution in [0.25, 0.3) is 0 Å². The highest BCUT2D eigenvalue weighted by atomic mass is 16.5. The Balaban J connectivity index is 1.73. The minimum atomic E-state index is -0.405. The highest BCUT2D eigenvalue weighted by molar-refractivity contribution is 5.74. The third-order valence-electron chi connectivity index (χ3n) is 1.80. The Hall–Kier alpha value is -0.610. The summed E-state index contributed by atoms with van der Waals surface area (Å²) in [5.41, 5.74) is 4.88. The molecule has 0 spiro atoms. The maximum absolute atomic E-state index is 10.2. The fraction of sp³-hybridized carbons (Fsp3) is 0.875. The Bertz CT molecular complexity index is 146. The van der Waals surface area contributed by atoms with Gasteiger partial charge in [-0.05, 0) is 25.3 Å². The summed E-state index contributed by atoms with van der Waals surface area (Å²) >= 11 is 0. The normalized spacial score (nSPS) is 16.3. The van der Waals surface area contributed by atoms with Crippen molar-refractivity contribution in [2.75, 3.05) is 26.3 Å². The Kier molecular flexibility index (Phi) is 4.04. The van der Waals surface area contributed by atoms with Crippen molar-refractivity contribution < 1.29 is 9.53 Å². The number of amides is 1. The summed E-state index contributed by atoms with van der Waals surface area (Å²) in [6.45, 7) is 2.49. The third kappa shape index (κ3) is 5.09. The number of nitrogens with one attached hydrogen (secondary N) is 1. The van der Waals surface area contributed by atoms with Crippen molar-refractivity contribution in [3.63, 3.8) is 0 Å². The molecule has 0 unspecified atom stereocenters. The number of hydrogen-bond acceptors (Lipinski definition) is 3. The first-order chi connectivity index (χ1) is 5.79. The van der Waals surface area contributed by atoms with Crippen LogP contribution in [0.2, 0.25) is 0 Å². The van der Waals surface area contributed by atoms with E-state index in [1.165, 1.54) is 12.8 Å². The van der Waals surface area contributed by atoms with E-state index in [0.717, 1.165) is 19.0 Å². The van der Waals surface area contributed by atoms with Gasteiger partial charge in [0.2, 0.25) is 5.91 Å². The summed E-state index contributed by atoms with van der Waals surface area (Å²) in [6.07, 6.45) is 2.71. The van der Waals surface area contributed by atoms with Crippen LogP contribution in [0, 0.1) is 5.92 Å². The van der Waals surface area contributed by atoms with E-state index in [4.69, 9.17) is 10.5 Å². The standard InChI is InChI=1S/C8H16N2O2/c9-8(11)6-12-4-3-10-5-7-1-2-7/h7,10H,1-6H2,(H2,9,11). The number of rotatable bonds is 7. The smallest absolute Gasteiger partial charge is 0.243 e. The minimum absolute atomic E-state index is 0.0328. The molecule has 4 heteroatoms. The zero-order chi connectivity index (χ0) is 8.81. The van der Waals surface area contributed by atoms with Crippen LogP contribution in [0.5, 0.6) is 0 Å².